The van der Waals surface area contributed by atoms with Gasteiger partial charge in [0.1, 0.15) is 11.7 Å². The number of aryl methyl sites for hydroxylation is 1. The van der Waals surface area contributed by atoms with Crippen molar-refractivity contribution in [2.75, 3.05) is 0 Å². The lowest BCUT2D eigenvalue weighted by molar-refractivity contribution is 0.0943. The van der Waals surface area contributed by atoms with Gasteiger partial charge in [0, 0.05) is 5.38 Å². The van der Waals surface area contributed by atoms with Crippen LogP contribution in [-0.2, 0) is 0 Å². The van der Waals surface area contributed by atoms with Crippen molar-refractivity contribution in [3.8, 4) is 6.07 Å². The van der Waals surface area contributed by atoms with E-state index in [9.17, 15) is 4.79 Å². The molecule has 4 nitrogen and oxygen atoms in total. The van der Waals surface area contributed by atoms with Crippen LogP contribution in [0.4, 0.5) is 0 Å². The molecule has 1 aromatic rings. The summed E-state index contributed by atoms with van der Waals surface area (Å²) < 4.78 is 0. The highest BCUT2D eigenvalue weighted by molar-refractivity contribution is 7.09. The zero-order valence-corrected chi connectivity index (χ0v) is 8.18. The average molecular weight is 195 g/mol. The molecule has 0 radical (unpaired) electrons. The highest BCUT2D eigenvalue weighted by Gasteiger charge is 2.11. The summed E-state index contributed by atoms with van der Waals surface area (Å²) in [5, 5.41) is 13.5. The fourth-order valence-corrected chi connectivity index (χ4v) is 1.36. The Morgan fingerprint density at radius 2 is 2.54 bits per heavy atom. The molecule has 1 N–H and O–H groups in total. The van der Waals surface area contributed by atoms with E-state index in [4.69, 9.17) is 5.26 Å². The number of amides is 1. The molecule has 1 atom stereocenters. The fourth-order valence-electron chi connectivity index (χ4n) is 0.771. The van der Waals surface area contributed by atoms with Crippen molar-refractivity contribution in [1.82, 2.24) is 10.3 Å². The Balaban J connectivity index is 2.65. The van der Waals surface area contributed by atoms with Crippen LogP contribution in [0.25, 0.3) is 0 Å². The smallest absolute Gasteiger partial charge is 0.271 e. The topological polar surface area (TPSA) is 65.8 Å². The van der Waals surface area contributed by atoms with Crippen LogP contribution in [0.15, 0.2) is 5.38 Å². The molecule has 68 valence electrons. The number of rotatable bonds is 2. The lowest BCUT2D eigenvalue weighted by atomic mass is 10.3. The summed E-state index contributed by atoms with van der Waals surface area (Å²) in [6, 6.07) is 1.44. The van der Waals surface area contributed by atoms with Crippen LogP contribution < -0.4 is 5.32 Å². The average Bonchev–Trinajstić information content (AvgIpc) is 2.51. The van der Waals surface area contributed by atoms with Crippen LogP contribution in [0.1, 0.15) is 22.4 Å². The second-order valence-electron chi connectivity index (χ2n) is 2.58. The molecule has 5 heteroatoms. The summed E-state index contributed by atoms with van der Waals surface area (Å²) in [5.74, 6) is -0.293. The molecule has 13 heavy (non-hydrogen) atoms. The van der Waals surface area contributed by atoms with Gasteiger partial charge in [0.25, 0.3) is 5.91 Å². The van der Waals surface area contributed by atoms with Gasteiger partial charge in [0.2, 0.25) is 0 Å². The number of nitriles is 1. The Bertz CT molecular complexity index is 353. The molecule has 0 spiro atoms. The maximum atomic E-state index is 11.3. The molecule has 0 saturated carbocycles. The predicted octanol–water partition coefficient (Wildman–Crippen LogP) is 1.09. The van der Waals surface area contributed by atoms with Gasteiger partial charge >= 0.3 is 0 Å². The number of aromatic nitrogens is 1. The first kappa shape index (κ1) is 9.68. The van der Waals surface area contributed by atoms with Gasteiger partial charge < -0.3 is 5.32 Å². The van der Waals surface area contributed by atoms with Crippen molar-refractivity contribution in [1.29, 1.82) is 5.26 Å². The molecule has 1 aromatic heterocycles. The zero-order chi connectivity index (χ0) is 9.84. The van der Waals surface area contributed by atoms with Crippen molar-refractivity contribution in [3.05, 3.63) is 16.1 Å². The summed E-state index contributed by atoms with van der Waals surface area (Å²) in [4.78, 5) is 15.3. The van der Waals surface area contributed by atoms with Crippen LogP contribution >= 0.6 is 11.3 Å². The van der Waals surface area contributed by atoms with Crippen molar-refractivity contribution in [2.24, 2.45) is 0 Å². The third-order valence-corrected chi connectivity index (χ3v) is 2.17. The number of nitrogens with one attached hydrogen (secondary N) is 1. The van der Waals surface area contributed by atoms with Gasteiger partial charge in [-0.15, -0.1) is 11.3 Å². The van der Waals surface area contributed by atoms with E-state index in [1.807, 2.05) is 13.0 Å². The summed E-state index contributed by atoms with van der Waals surface area (Å²) in [6.45, 7) is 3.45. The van der Waals surface area contributed by atoms with Crippen LogP contribution in [0.2, 0.25) is 0 Å². The van der Waals surface area contributed by atoms with E-state index in [0.717, 1.165) is 5.01 Å². The highest BCUT2D eigenvalue weighted by Crippen LogP contribution is 2.07. The number of carbonyl (C=O) groups excluding carboxylic acids is 1. The Morgan fingerprint density at radius 1 is 1.85 bits per heavy atom. The van der Waals surface area contributed by atoms with Crippen LogP contribution in [-0.4, -0.2) is 16.9 Å². The molecule has 0 fully saturated rings. The maximum absolute atomic E-state index is 11.3. The minimum absolute atomic E-state index is 0.293. The van der Waals surface area contributed by atoms with Crippen molar-refractivity contribution < 1.29 is 4.79 Å². The monoisotopic (exact) mass is 195 g/mol. The highest BCUT2D eigenvalue weighted by atomic mass is 32.1. The molecular weight excluding hydrogens is 186 g/mol. The minimum atomic E-state index is -0.477. The molecule has 0 saturated heterocycles. The van der Waals surface area contributed by atoms with E-state index in [2.05, 4.69) is 10.3 Å². The van der Waals surface area contributed by atoms with Crippen LogP contribution in [0.5, 0.6) is 0 Å². The molecule has 1 heterocycles. The quantitative estimate of drug-likeness (QED) is 0.768. The molecule has 0 aliphatic rings. The second kappa shape index (κ2) is 4.01. The van der Waals surface area contributed by atoms with E-state index in [-0.39, 0.29) is 5.91 Å². The number of thiazole rings is 1. The van der Waals surface area contributed by atoms with Crippen LogP contribution in [0, 0.1) is 18.3 Å². The van der Waals surface area contributed by atoms with E-state index in [1.165, 1.54) is 11.3 Å². The standard InChI is InChI=1S/C8H9N3OS/c1-5(3-9)10-8(12)7-4-13-6(2)11-7/h4-5H,1-2H3,(H,10,12)/t5-/m1/s1. The summed E-state index contributed by atoms with van der Waals surface area (Å²) in [6.07, 6.45) is 0. The van der Waals surface area contributed by atoms with E-state index < -0.39 is 6.04 Å². The predicted molar refractivity (Wildman–Crippen MR) is 49.4 cm³/mol. The molecule has 1 rings (SSSR count). The maximum Gasteiger partial charge on any atom is 0.271 e. The van der Waals surface area contributed by atoms with Gasteiger partial charge in [0.05, 0.1) is 11.1 Å². The third-order valence-electron chi connectivity index (χ3n) is 1.39. The number of carbonyl (C=O) groups is 1. The normalized spacial score (nSPS) is 11.8. The van der Waals surface area contributed by atoms with Crippen molar-refractivity contribution >= 4 is 17.2 Å². The van der Waals surface area contributed by atoms with E-state index in [0.29, 0.717) is 5.69 Å². The first-order valence-electron chi connectivity index (χ1n) is 3.76. The van der Waals surface area contributed by atoms with Gasteiger partial charge in [-0.1, -0.05) is 0 Å². The third kappa shape index (κ3) is 2.53. The first-order chi connectivity index (χ1) is 6.13. The molecular formula is C8H9N3OS. The first-order valence-corrected chi connectivity index (χ1v) is 4.64. The summed E-state index contributed by atoms with van der Waals surface area (Å²) in [5.41, 5.74) is 0.379. The molecule has 0 aliphatic carbocycles. The molecule has 0 unspecified atom stereocenters. The zero-order valence-electron chi connectivity index (χ0n) is 7.37. The molecule has 1 amide bonds. The Morgan fingerprint density at radius 3 is 3.00 bits per heavy atom. The molecule has 0 aliphatic heterocycles. The van der Waals surface area contributed by atoms with E-state index >= 15 is 0 Å². The van der Waals surface area contributed by atoms with Crippen molar-refractivity contribution in [2.45, 2.75) is 19.9 Å². The lowest BCUT2D eigenvalue weighted by Crippen LogP contribution is -2.31. The van der Waals surface area contributed by atoms with Gasteiger partial charge in [-0.25, -0.2) is 4.98 Å². The number of hydrogen-bond donors (Lipinski definition) is 1. The Hall–Kier alpha value is -1.41. The Kier molecular flexibility index (Phi) is 2.98. The lowest BCUT2D eigenvalue weighted by Gasteiger charge is -2.02. The van der Waals surface area contributed by atoms with Gasteiger partial charge in [-0.2, -0.15) is 5.26 Å². The van der Waals surface area contributed by atoms with Gasteiger partial charge in [0.15, 0.2) is 0 Å². The van der Waals surface area contributed by atoms with Crippen molar-refractivity contribution in [3.63, 3.8) is 0 Å². The molecule has 0 bridgehead atoms. The second-order valence-corrected chi connectivity index (χ2v) is 3.64. The minimum Gasteiger partial charge on any atom is -0.335 e. The molecule has 0 aromatic carbocycles. The SMILES string of the molecule is Cc1nc(C(=O)N[C@H](C)C#N)cs1. The van der Waals surface area contributed by atoms with E-state index in [1.54, 1.807) is 12.3 Å². The van der Waals surface area contributed by atoms with Gasteiger partial charge in [-0.05, 0) is 13.8 Å². The summed E-state index contributed by atoms with van der Waals surface area (Å²) >= 11 is 1.41. The largest absolute Gasteiger partial charge is 0.335 e. The Labute approximate surface area is 80.2 Å². The number of nitrogens with zero attached hydrogens (tertiary/aromatic N) is 2. The fraction of sp³-hybridized carbons (Fsp3) is 0.375. The summed E-state index contributed by atoms with van der Waals surface area (Å²) in [7, 11) is 0. The van der Waals surface area contributed by atoms with Crippen LogP contribution in [0.3, 0.4) is 0 Å². The van der Waals surface area contributed by atoms with Gasteiger partial charge in [-0.3, -0.25) is 4.79 Å². The number of hydrogen-bond acceptors (Lipinski definition) is 4.